The van der Waals surface area contributed by atoms with Gasteiger partial charge in [-0.05, 0) is 47.5 Å². The minimum absolute atomic E-state index is 0.594. The summed E-state index contributed by atoms with van der Waals surface area (Å²) in [5.41, 5.74) is 9.96. The van der Waals surface area contributed by atoms with E-state index in [-0.39, 0.29) is 0 Å². The van der Waals surface area contributed by atoms with E-state index in [9.17, 15) is 0 Å². The fourth-order valence-corrected chi connectivity index (χ4v) is 7.20. The Morgan fingerprint density at radius 2 is 0.980 bits per heavy atom. The Bertz CT molecular complexity index is 2800. The van der Waals surface area contributed by atoms with Gasteiger partial charge in [0.1, 0.15) is 11.2 Å². The summed E-state index contributed by atoms with van der Waals surface area (Å²) in [5.74, 6) is 1.84. The maximum absolute atomic E-state index is 6.65. The molecule has 0 aliphatic carbocycles. The monoisotopic (exact) mass is 640 g/mol. The molecule has 0 aliphatic rings. The molecule has 0 radical (unpaired) electrons. The van der Waals surface area contributed by atoms with Crippen LogP contribution in [0.15, 0.2) is 174 Å². The van der Waals surface area contributed by atoms with Gasteiger partial charge in [-0.15, -0.1) is 0 Å². The quantitative estimate of drug-likeness (QED) is 0.188. The van der Waals surface area contributed by atoms with Crippen molar-refractivity contribution in [3.8, 4) is 51.0 Å². The number of hydrogen-bond acceptors (Lipinski definition) is 4. The van der Waals surface area contributed by atoms with Crippen molar-refractivity contribution in [2.24, 2.45) is 0 Å². The third-order valence-electron chi connectivity index (χ3n) is 9.45. The summed E-state index contributed by atoms with van der Waals surface area (Å²) in [7, 11) is 0. The van der Waals surface area contributed by atoms with Gasteiger partial charge in [0.25, 0.3) is 0 Å². The zero-order valence-corrected chi connectivity index (χ0v) is 26.9. The Morgan fingerprint density at radius 1 is 0.400 bits per heavy atom. The number of benzene rings is 7. The molecule has 0 atom stereocenters. The van der Waals surface area contributed by atoms with Crippen LogP contribution in [0, 0.1) is 0 Å². The van der Waals surface area contributed by atoms with Crippen LogP contribution in [0.1, 0.15) is 0 Å². The molecule has 234 valence electrons. The number of furan rings is 1. The normalized spacial score (nSPS) is 11.6. The number of rotatable bonds is 5. The van der Waals surface area contributed by atoms with E-state index in [1.165, 1.54) is 10.9 Å². The molecule has 10 aromatic rings. The molecule has 50 heavy (non-hydrogen) atoms. The van der Waals surface area contributed by atoms with Gasteiger partial charge < -0.3 is 8.98 Å². The predicted octanol–water partition coefficient (Wildman–Crippen LogP) is 11.5. The van der Waals surface area contributed by atoms with Crippen LogP contribution in [-0.4, -0.2) is 19.5 Å². The predicted molar refractivity (Wildman–Crippen MR) is 203 cm³/mol. The number of para-hydroxylation sites is 1. The van der Waals surface area contributed by atoms with Crippen LogP contribution < -0.4 is 0 Å². The molecular weight excluding hydrogens is 613 g/mol. The summed E-state index contributed by atoms with van der Waals surface area (Å²) < 4.78 is 9.03. The highest BCUT2D eigenvalue weighted by atomic mass is 16.3. The van der Waals surface area contributed by atoms with Crippen LogP contribution in [0.25, 0.3) is 94.7 Å². The second-order valence-electron chi connectivity index (χ2n) is 12.4. The Balaban J connectivity index is 1.30. The van der Waals surface area contributed by atoms with Gasteiger partial charge in [0.15, 0.2) is 17.5 Å². The van der Waals surface area contributed by atoms with E-state index >= 15 is 0 Å². The smallest absolute Gasteiger partial charge is 0.164 e. The summed E-state index contributed by atoms with van der Waals surface area (Å²) in [6.45, 7) is 0. The first-order chi connectivity index (χ1) is 24.8. The summed E-state index contributed by atoms with van der Waals surface area (Å²) >= 11 is 0. The lowest BCUT2D eigenvalue weighted by molar-refractivity contribution is 0.669. The van der Waals surface area contributed by atoms with Crippen molar-refractivity contribution in [1.82, 2.24) is 19.5 Å². The lowest BCUT2D eigenvalue weighted by Gasteiger charge is -2.12. The van der Waals surface area contributed by atoms with E-state index in [1.807, 2.05) is 72.8 Å². The fraction of sp³-hybridized carbons (Fsp3) is 0. The van der Waals surface area contributed by atoms with Crippen molar-refractivity contribution in [2.75, 3.05) is 0 Å². The van der Waals surface area contributed by atoms with E-state index < -0.39 is 0 Å². The van der Waals surface area contributed by atoms with Gasteiger partial charge in [-0.3, -0.25) is 0 Å². The Morgan fingerprint density at radius 3 is 1.70 bits per heavy atom. The third-order valence-corrected chi connectivity index (χ3v) is 9.45. The maximum atomic E-state index is 6.65. The van der Waals surface area contributed by atoms with E-state index in [2.05, 4.69) is 102 Å². The Labute approximate surface area is 287 Å². The highest BCUT2D eigenvalue weighted by molar-refractivity contribution is 6.26. The van der Waals surface area contributed by atoms with Gasteiger partial charge in [-0.25, -0.2) is 15.0 Å². The second kappa shape index (κ2) is 11.4. The summed E-state index contributed by atoms with van der Waals surface area (Å²) in [4.78, 5) is 15.2. The van der Waals surface area contributed by atoms with Crippen molar-refractivity contribution in [3.63, 3.8) is 0 Å². The SMILES string of the molecule is c1ccc(-c2cccc(-n3c4ccccc4c4ccc5oc6cccc(-c7nc(-c8ccccc8)nc(-c8ccccc8)n7)c6c5c43)c2)cc1. The topological polar surface area (TPSA) is 56.7 Å². The van der Waals surface area contributed by atoms with Gasteiger partial charge in [0, 0.05) is 38.5 Å². The van der Waals surface area contributed by atoms with Gasteiger partial charge >= 0.3 is 0 Å². The summed E-state index contributed by atoms with van der Waals surface area (Å²) in [6, 6.07) is 58.5. The van der Waals surface area contributed by atoms with Gasteiger partial charge in [0.2, 0.25) is 0 Å². The number of fused-ring (bicyclic) bond motifs is 7. The molecule has 5 heteroatoms. The molecule has 0 N–H and O–H groups in total. The molecule has 7 aromatic carbocycles. The molecule has 0 amide bonds. The lowest BCUT2D eigenvalue weighted by Crippen LogP contribution is -2.00. The number of hydrogen-bond donors (Lipinski definition) is 0. The van der Waals surface area contributed by atoms with Crippen molar-refractivity contribution in [3.05, 3.63) is 170 Å². The molecule has 0 spiro atoms. The molecule has 0 unspecified atom stereocenters. The Hall–Kier alpha value is -6.85. The molecule has 5 nitrogen and oxygen atoms in total. The molecule has 10 rings (SSSR count). The van der Waals surface area contributed by atoms with Gasteiger partial charge in [-0.1, -0.05) is 133 Å². The average molecular weight is 641 g/mol. The largest absolute Gasteiger partial charge is 0.456 e. The van der Waals surface area contributed by atoms with Crippen molar-refractivity contribution >= 4 is 43.7 Å². The first-order valence-electron chi connectivity index (χ1n) is 16.7. The van der Waals surface area contributed by atoms with Crippen molar-refractivity contribution < 1.29 is 4.42 Å². The molecule has 0 saturated carbocycles. The molecule has 3 heterocycles. The highest BCUT2D eigenvalue weighted by Gasteiger charge is 2.23. The number of aromatic nitrogens is 4. The van der Waals surface area contributed by atoms with E-state index in [0.717, 1.165) is 66.3 Å². The zero-order chi connectivity index (χ0) is 33.0. The minimum Gasteiger partial charge on any atom is -0.456 e. The van der Waals surface area contributed by atoms with Crippen LogP contribution in [0.5, 0.6) is 0 Å². The molecule has 0 saturated heterocycles. The van der Waals surface area contributed by atoms with Crippen molar-refractivity contribution in [1.29, 1.82) is 0 Å². The first-order valence-corrected chi connectivity index (χ1v) is 16.7. The maximum Gasteiger partial charge on any atom is 0.164 e. The van der Waals surface area contributed by atoms with E-state index in [1.54, 1.807) is 0 Å². The molecule has 0 bridgehead atoms. The average Bonchev–Trinajstić information content (AvgIpc) is 3.75. The van der Waals surface area contributed by atoms with E-state index in [4.69, 9.17) is 19.4 Å². The first kappa shape index (κ1) is 28.2. The fourth-order valence-electron chi connectivity index (χ4n) is 7.20. The van der Waals surface area contributed by atoms with Gasteiger partial charge in [-0.2, -0.15) is 0 Å². The van der Waals surface area contributed by atoms with Crippen LogP contribution in [0.4, 0.5) is 0 Å². The molecule has 3 aromatic heterocycles. The van der Waals surface area contributed by atoms with Crippen LogP contribution in [-0.2, 0) is 0 Å². The summed E-state index contributed by atoms with van der Waals surface area (Å²) in [6.07, 6.45) is 0. The molecule has 0 fully saturated rings. The highest BCUT2D eigenvalue weighted by Crippen LogP contribution is 2.44. The second-order valence-corrected chi connectivity index (χ2v) is 12.4. The minimum atomic E-state index is 0.594. The summed E-state index contributed by atoms with van der Waals surface area (Å²) in [5, 5.41) is 4.33. The van der Waals surface area contributed by atoms with Crippen molar-refractivity contribution in [2.45, 2.75) is 0 Å². The molecule has 0 aliphatic heterocycles. The van der Waals surface area contributed by atoms with E-state index in [0.29, 0.717) is 17.5 Å². The van der Waals surface area contributed by atoms with Crippen LogP contribution in [0.2, 0.25) is 0 Å². The lowest BCUT2D eigenvalue weighted by atomic mass is 10.0. The van der Waals surface area contributed by atoms with Gasteiger partial charge in [0.05, 0.1) is 16.4 Å². The number of nitrogens with zero attached hydrogens (tertiary/aromatic N) is 4. The van der Waals surface area contributed by atoms with Crippen LogP contribution >= 0.6 is 0 Å². The molecular formula is C45H28N4O. The Kier molecular flexibility index (Phi) is 6.42. The standard InChI is InChI=1S/C45H28N4O/c1-4-14-29(15-5-1)32-20-12-21-33(28-32)49-37-24-11-10-22-34(37)35-26-27-39-41(42(35)49)40-36(23-13-25-38(40)50-39)45-47-43(30-16-6-2-7-17-30)46-44(48-45)31-18-8-3-9-19-31/h1-28H. The third kappa shape index (κ3) is 4.52. The zero-order valence-electron chi connectivity index (χ0n) is 26.9. The van der Waals surface area contributed by atoms with Crippen LogP contribution in [0.3, 0.4) is 0 Å².